The molecule has 5 nitrogen and oxygen atoms in total. The van der Waals surface area contributed by atoms with E-state index >= 15 is 0 Å². The van der Waals surface area contributed by atoms with Crippen molar-refractivity contribution in [1.82, 2.24) is 0 Å². The number of primary sulfonamides is 1. The van der Waals surface area contributed by atoms with Gasteiger partial charge < -0.3 is 5.32 Å². The number of rotatable bonds is 4. The highest BCUT2D eigenvalue weighted by Crippen LogP contribution is 2.23. The van der Waals surface area contributed by atoms with Crippen LogP contribution in [0, 0.1) is 13.8 Å². The van der Waals surface area contributed by atoms with Crippen LogP contribution in [-0.2, 0) is 14.8 Å². The molecule has 0 aliphatic rings. The number of carbonyl (C=O) groups is 1. The first-order chi connectivity index (χ1) is 8.25. The van der Waals surface area contributed by atoms with E-state index in [9.17, 15) is 13.2 Å². The van der Waals surface area contributed by atoms with Crippen LogP contribution in [0.1, 0.15) is 11.1 Å². The Labute approximate surface area is 111 Å². The van der Waals surface area contributed by atoms with Gasteiger partial charge in [0.25, 0.3) is 0 Å². The number of amides is 1. The van der Waals surface area contributed by atoms with Crippen molar-refractivity contribution in [3.05, 3.63) is 23.3 Å². The second-order valence-electron chi connectivity index (χ2n) is 3.94. The number of aryl methyl sites for hydroxylation is 1. The highest BCUT2D eigenvalue weighted by atomic mass is 32.2. The third-order valence-electron chi connectivity index (χ3n) is 2.52. The number of hydrogen-bond acceptors (Lipinski definition) is 4. The van der Waals surface area contributed by atoms with Gasteiger partial charge in [-0.15, -0.1) is 0 Å². The van der Waals surface area contributed by atoms with Crippen molar-refractivity contribution in [3.8, 4) is 0 Å². The van der Waals surface area contributed by atoms with Crippen molar-refractivity contribution in [2.45, 2.75) is 18.7 Å². The Bertz CT molecular complexity index is 568. The summed E-state index contributed by atoms with van der Waals surface area (Å²) in [5.41, 5.74) is 2.08. The molecule has 0 fully saturated rings. The van der Waals surface area contributed by atoms with Crippen LogP contribution < -0.4 is 10.5 Å². The van der Waals surface area contributed by atoms with Crippen molar-refractivity contribution >= 4 is 33.4 Å². The molecule has 0 unspecified atom stereocenters. The van der Waals surface area contributed by atoms with Crippen LogP contribution in [-0.4, -0.2) is 26.3 Å². The average molecular weight is 288 g/mol. The molecule has 0 aliphatic heterocycles. The number of thioether (sulfide) groups is 1. The van der Waals surface area contributed by atoms with Crippen molar-refractivity contribution in [2.75, 3.05) is 17.3 Å². The molecule has 18 heavy (non-hydrogen) atoms. The Morgan fingerprint density at radius 1 is 1.39 bits per heavy atom. The lowest BCUT2D eigenvalue weighted by Crippen LogP contribution is -2.17. The highest BCUT2D eigenvalue weighted by molar-refractivity contribution is 7.99. The normalized spacial score (nSPS) is 11.3. The zero-order chi connectivity index (χ0) is 13.9. The first-order valence-corrected chi connectivity index (χ1v) is 8.12. The minimum Gasteiger partial charge on any atom is -0.325 e. The molecule has 0 atom stereocenters. The molecule has 0 aliphatic carbocycles. The molecule has 0 bridgehead atoms. The Kier molecular flexibility index (Phi) is 4.78. The second kappa shape index (κ2) is 5.73. The largest absolute Gasteiger partial charge is 0.325 e. The van der Waals surface area contributed by atoms with Gasteiger partial charge in [-0.05, 0) is 43.4 Å². The quantitative estimate of drug-likeness (QED) is 0.872. The van der Waals surface area contributed by atoms with E-state index in [0.717, 1.165) is 11.1 Å². The molecule has 1 aromatic rings. The fourth-order valence-corrected chi connectivity index (χ4v) is 2.40. The summed E-state index contributed by atoms with van der Waals surface area (Å²) in [6.07, 6.45) is 1.82. The highest BCUT2D eigenvalue weighted by Gasteiger charge is 2.13. The SMILES string of the molecule is CSCC(=O)Nc1cc(S(N)(=O)=O)cc(C)c1C. The van der Waals surface area contributed by atoms with Crippen molar-refractivity contribution < 1.29 is 13.2 Å². The van der Waals surface area contributed by atoms with Gasteiger partial charge in [0, 0.05) is 5.69 Å². The van der Waals surface area contributed by atoms with Crippen molar-refractivity contribution in [3.63, 3.8) is 0 Å². The van der Waals surface area contributed by atoms with Crippen molar-refractivity contribution in [1.29, 1.82) is 0 Å². The van der Waals surface area contributed by atoms with E-state index < -0.39 is 10.0 Å². The van der Waals surface area contributed by atoms with Crippen LogP contribution in [0.2, 0.25) is 0 Å². The summed E-state index contributed by atoms with van der Waals surface area (Å²) in [7, 11) is -3.77. The van der Waals surface area contributed by atoms with Crippen LogP contribution in [0.5, 0.6) is 0 Å². The van der Waals surface area contributed by atoms with E-state index in [1.807, 2.05) is 13.2 Å². The molecule has 0 spiro atoms. The van der Waals surface area contributed by atoms with E-state index in [1.54, 1.807) is 6.92 Å². The van der Waals surface area contributed by atoms with Crippen LogP contribution in [0.25, 0.3) is 0 Å². The Morgan fingerprint density at radius 2 is 2.00 bits per heavy atom. The molecular formula is C11H16N2O3S2. The number of carbonyl (C=O) groups excluding carboxylic acids is 1. The molecule has 0 heterocycles. The summed E-state index contributed by atoms with van der Waals surface area (Å²) in [5, 5.41) is 7.77. The number of nitrogens with two attached hydrogens (primary N) is 1. The summed E-state index contributed by atoms with van der Waals surface area (Å²) in [4.78, 5) is 11.5. The fourth-order valence-electron chi connectivity index (χ4n) is 1.44. The molecule has 1 aromatic carbocycles. The zero-order valence-electron chi connectivity index (χ0n) is 10.5. The number of benzene rings is 1. The lowest BCUT2D eigenvalue weighted by atomic mass is 10.1. The molecule has 1 rings (SSSR count). The van der Waals surface area contributed by atoms with Gasteiger partial charge in [0.05, 0.1) is 10.6 Å². The maximum absolute atomic E-state index is 11.5. The standard InChI is InChI=1S/C11H16N2O3S2/c1-7-4-9(18(12,15)16)5-10(8(7)2)13-11(14)6-17-3/h4-5H,6H2,1-3H3,(H,13,14)(H2,12,15,16). The number of hydrogen-bond donors (Lipinski definition) is 2. The van der Waals surface area contributed by atoms with Crippen LogP contribution in [0.4, 0.5) is 5.69 Å². The molecule has 0 saturated heterocycles. The Hall–Kier alpha value is -1.05. The monoisotopic (exact) mass is 288 g/mol. The van der Waals surface area contributed by atoms with E-state index in [0.29, 0.717) is 11.4 Å². The lowest BCUT2D eigenvalue weighted by Gasteiger charge is -2.12. The zero-order valence-corrected chi connectivity index (χ0v) is 12.1. The number of nitrogens with one attached hydrogen (secondary N) is 1. The van der Waals surface area contributed by atoms with Gasteiger partial charge >= 0.3 is 0 Å². The first-order valence-electron chi connectivity index (χ1n) is 5.18. The van der Waals surface area contributed by atoms with E-state index in [2.05, 4.69) is 5.32 Å². The third-order valence-corrected chi connectivity index (χ3v) is 3.96. The van der Waals surface area contributed by atoms with Crippen LogP contribution >= 0.6 is 11.8 Å². The lowest BCUT2D eigenvalue weighted by molar-refractivity contribution is -0.113. The fraction of sp³-hybridized carbons (Fsp3) is 0.364. The smallest absolute Gasteiger partial charge is 0.238 e. The van der Waals surface area contributed by atoms with E-state index in [1.165, 1.54) is 23.9 Å². The summed E-state index contributed by atoms with van der Waals surface area (Å²) < 4.78 is 22.6. The Morgan fingerprint density at radius 3 is 2.50 bits per heavy atom. The molecule has 7 heteroatoms. The summed E-state index contributed by atoms with van der Waals surface area (Å²) >= 11 is 1.39. The molecule has 0 saturated carbocycles. The Balaban J connectivity index is 3.19. The maximum Gasteiger partial charge on any atom is 0.238 e. The summed E-state index contributed by atoms with van der Waals surface area (Å²) in [6, 6.07) is 2.88. The summed E-state index contributed by atoms with van der Waals surface area (Å²) in [5.74, 6) is 0.148. The van der Waals surface area contributed by atoms with E-state index in [-0.39, 0.29) is 10.8 Å². The molecule has 0 aromatic heterocycles. The molecule has 0 radical (unpaired) electrons. The second-order valence-corrected chi connectivity index (χ2v) is 6.37. The number of anilines is 1. The number of sulfonamides is 1. The molecule has 3 N–H and O–H groups in total. The first kappa shape index (κ1) is 15.0. The summed E-state index contributed by atoms with van der Waals surface area (Å²) in [6.45, 7) is 3.59. The molecular weight excluding hydrogens is 272 g/mol. The minimum absolute atomic E-state index is 0.00468. The molecule has 100 valence electrons. The average Bonchev–Trinajstić information content (AvgIpc) is 2.23. The predicted octanol–water partition coefficient (Wildman–Crippen LogP) is 1.25. The third kappa shape index (κ3) is 3.72. The van der Waals surface area contributed by atoms with Gasteiger partial charge in [-0.3, -0.25) is 4.79 Å². The topological polar surface area (TPSA) is 89.3 Å². The van der Waals surface area contributed by atoms with Crippen molar-refractivity contribution in [2.24, 2.45) is 5.14 Å². The van der Waals surface area contributed by atoms with Gasteiger partial charge in [0.1, 0.15) is 0 Å². The van der Waals surface area contributed by atoms with Gasteiger partial charge in [-0.25, -0.2) is 13.6 Å². The van der Waals surface area contributed by atoms with Gasteiger partial charge in [0.2, 0.25) is 15.9 Å². The van der Waals surface area contributed by atoms with Gasteiger partial charge in [0.15, 0.2) is 0 Å². The minimum atomic E-state index is -3.77. The molecule has 1 amide bonds. The van der Waals surface area contributed by atoms with Crippen LogP contribution in [0.3, 0.4) is 0 Å². The van der Waals surface area contributed by atoms with Gasteiger partial charge in [-0.1, -0.05) is 0 Å². The predicted molar refractivity (Wildman–Crippen MR) is 74.3 cm³/mol. The van der Waals surface area contributed by atoms with Gasteiger partial charge in [-0.2, -0.15) is 11.8 Å². The van der Waals surface area contributed by atoms with Crippen LogP contribution in [0.15, 0.2) is 17.0 Å². The maximum atomic E-state index is 11.5. The van der Waals surface area contributed by atoms with E-state index in [4.69, 9.17) is 5.14 Å².